The second-order valence-electron chi connectivity index (χ2n) is 7.46. The number of aromatic nitrogens is 2. The second kappa shape index (κ2) is 8.30. The molecule has 158 valence electrons. The summed E-state index contributed by atoms with van der Waals surface area (Å²) < 4.78 is 44.2. The van der Waals surface area contributed by atoms with Crippen molar-refractivity contribution in [3.8, 4) is 28.4 Å². The van der Waals surface area contributed by atoms with E-state index in [1.54, 1.807) is 6.20 Å². The van der Waals surface area contributed by atoms with Gasteiger partial charge in [0.05, 0.1) is 11.3 Å². The lowest BCUT2D eigenvalue weighted by Crippen LogP contribution is -2.04. The van der Waals surface area contributed by atoms with E-state index in [1.165, 1.54) is 17.7 Å². The molecule has 1 aromatic heterocycles. The summed E-state index contributed by atoms with van der Waals surface area (Å²) in [5, 5.41) is 0. The van der Waals surface area contributed by atoms with Crippen LogP contribution in [-0.4, -0.2) is 9.97 Å². The molecule has 3 nitrogen and oxygen atoms in total. The third-order valence-electron chi connectivity index (χ3n) is 5.05. The number of nitrogens with one attached hydrogen (secondary N) is 1. The van der Waals surface area contributed by atoms with Crippen LogP contribution in [0, 0.1) is 13.8 Å². The normalized spacial score (nSPS) is 11.5. The summed E-state index contributed by atoms with van der Waals surface area (Å²) in [4.78, 5) is 7.58. The molecule has 0 atom stereocenters. The van der Waals surface area contributed by atoms with Gasteiger partial charge in [0, 0.05) is 17.3 Å². The van der Waals surface area contributed by atoms with Crippen molar-refractivity contribution < 1.29 is 17.9 Å². The molecule has 0 saturated carbocycles. The molecule has 6 heteroatoms. The maximum atomic E-state index is 12.8. The first-order chi connectivity index (χ1) is 14.8. The van der Waals surface area contributed by atoms with Gasteiger partial charge in [-0.1, -0.05) is 42.0 Å². The number of hydrogen-bond donors (Lipinski definition) is 1. The highest BCUT2D eigenvalue weighted by molar-refractivity contribution is 5.66. The van der Waals surface area contributed by atoms with Gasteiger partial charge in [0.25, 0.3) is 0 Å². The zero-order valence-corrected chi connectivity index (χ0v) is 17.1. The summed E-state index contributed by atoms with van der Waals surface area (Å²) in [6.45, 7) is 4.50. The fourth-order valence-electron chi connectivity index (χ4n) is 3.25. The Morgan fingerprint density at radius 3 is 2.19 bits per heavy atom. The first kappa shape index (κ1) is 20.7. The van der Waals surface area contributed by atoms with E-state index < -0.39 is 11.7 Å². The summed E-state index contributed by atoms with van der Waals surface area (Å²) in [6, 6.07) is 19.0. The summed E-state index contributed by atoms with van der Waals surface area (Å²) in [7, 11) is 0. The number of H-pyrrole nitrogens is 1. The van der Waals surface area contributed by atoms with Crippen molar-refractivity contribution in [3.05, 3.63) is 95.2 Å². The zero-order valence-electron chi connectivity index (χ0n) is 17.1. The topological polar surface area (TPSA) is 37.9 Å². The van der Waals surface area contributed by atoms with E-state index in [-0.39, 0.29) is 0 Å². The van der Waals surface area contributed by atoms with Crippen LogP contribution in [0.25, 0.3) is 22.6 Å². The largest absolute Gasteiger partial charge is 0.489 e. The number of ether oxygens (including phenoxy) is 1. The van der Waals surface area contributed by atoms with E-state index in [0.717, 1.165) is 34.6 Å². The molecular formula is C25H21F3N2O. The minimum atomic E-state index is -4.35. The molecule has 0 amide bonds. The molecule has 0 aliphatic rings. The molecule has 4 rings (SSSR count). The van der Waals surface area contributed by atoms with Crippen LogP contribution in [0.1, 0.15) is 22.3 Å². The average molecular weight is 422 g/mol. The minimum absolute atomic E-state index is 0.487. The summed E-state index contributed by atoms with van der Waals surface area (Å²) in [5.74, 6) is 1.31. The Morgan fingerprint density at radius 1 is 0.871 bits per heavy atom. The maximum absolute atomic E-state index is 12.8. The molecule has 0 bridgehead atoms. The maximum Gasteiger partial charge on any atom is 0.416 e. The van der Waals surface area contributed by atoms with Crippen molar-refractivity contribution in [2.24, 2.45) is 0 Å². The Hall–Kier alpha value is -3.54. The predicted molar refractivity (Wildman–Crippen MR) is 115 cm³/mol. The highest BCUT2D eigenvalue weighted by Gasteiger charge is 2.30. The quantitative estimate of drug-likeness (QED) is 0.378. The van der Waals surface area contributed by atoms with Crippen LogP contribution in [-0.2, 0) is 12.8 Å². The summed E-state index contributed by atoms with van der Waals surface area (Å²) in [5.41, 5.74) is 4.80. The van der Waals surface area contributed by atoms with Gasteiger partial charge in [-0.2, -0.15) is 13.2 Å². The lowest BCUT2D eigenvalue weighted by molar-refractivity contribution is -0.137. The van der Waals surface area contributed by atoms with Gasteiger partial charge >= 0.3 is 6.18 Å². The highest BCUT2D eigenvalue weighted by atomic mass is 19.4. The number of rotatable bonds is 5. The van der Waals surface area contributed by atoms with Gasteiger partial charge in [0.15, 0.2) is 0 Å². The van der Waals surface area contributed by atoms with Crippen LogP contribution < -0.4 is 4.74 Å². The van der Waals surface area contributed by atoms with Gasteiger partial charge in [0.1, 0.15) is 18.2 Å². The standard InChI is InChI=1S/C25H21F3N2O/c1-16-3-5-18(6-4-16)15-31-23-12-9-20(13-17(23)2)22-14-29-24(30-22)19-7-10-21(11-8-19)25(26,27)28/h3-14H,15H2,1-2H3,(H,29,30). The first-order valence-electron chi connectivity index (χ1n) is 9.82. The smallest absolute Gasteiger partial charge is 0.416 e. The summed E-state index contributed by atoms with van der Waals surface area (Å²) >= 11 is 0. The zero-order chi connectivity index (χ0) is 22.0. The van der Waals surface area contributed by atoms with E-state index in [4.69, 9.17) is 4.74 Å². The Morgan fingerprint density at radius 2 is 1.55 bits per heavy atom. The number of hydrogen-bond acceptors (Lipinski definition) is 2. The Bertz CT molecular complexity index is 1180. The molecule has 4 aromatic rings. The van der Waals surface area contributed by atoms with Gasteiger partial charge < -0.3 is 9.72 Å². The van der Waals surface area contributed by atoms with E-state index in [9.17, 15) is 13.2 Å². The Balaban J connectivity index is 1.48. The molecule has 1 N–H and O–H groups in total. The fourth-order valence-corrected chi connectivity index (χ4v) is 3.25. The van der Waals surface area contributed by atoms with E-state index in [0.29, 0.717) is 23.7 Å². The number of aromatic amines is 1. The van der Waals surface area contributed by atoms with Crippen LogP contribution >= 0.6 is 0 Å². The van der Waals surface area contributed by atoms with Crippen molar-refractivity contribution in [1.29, 1.82) is 0 Å². The SMILES string of the molecule is Cc1ccc(COc2ccc(-c3c[nH]c(-c4ccc(C(F)(F)F)cc4)n3)cc2C)cc1. The van der Waals surface area contributed by atoms with Crippen LogP contribution in [0.2, 0.25) is 0 Å². The molecule has 1 heterocycles. The van der Waals surface area contributed by atoms with Crippen molar-refractivity contribution in [2.75, 3.05) is 0 Å². The molecule has 0 saturated heterocycles. The van der Waals surface area contributed by atoms with Crippen molar-refractivity contribution in [2.45, 2.75) is 26.6 Å². The van der Waals surface area contributed by atoms with Gasteiger partial charge in [-0.3, -0.25) is 0 Å². The van der Waals surface area contributed by atoms with Crippen LogP contribution in [0.5, 0.6) is 5.75 Å². The number of aryl methyl sites for hydroxylation is 2. The lowest BCUT2D eigenvalue weighted by Gasteiger charge is -2.10. The van der Waals surface area contributed by atoms with Crippen molar-refractivity contribution in [1.82, 2.24) is 9.97 Å². The molecule has 31 heavy (non-hydrogen) atoms. The van der Waals surface area contributed by atoms with Gasteiger partial charge in [0.2, 0.25) is 0 Å². The number of nitrogens with zero attached hydrogens (tertiary/aromatic N) is 1. The third kappa shape index (κ3) is 4.79. The van der Waals surface area contributed by atoms with Crippen LogP contribution in [0.15, 0.2) is 72.9 Å². The Kier molecular flexibility index (Phi) is 5.55. The van der Waals surface area contributed by atoms with Crippen LogP contribution in [0.3, 0.4) is 0 Å². The number of benzene rings is 3. The van der Waals surface area contributed by atoms with Crippen molar-refractivity contribution >= 4 is 0 Å². The summed E-state index contributed by atoms with van der Waals surface area (Å²) in [6.07, 6.45) is -2.61. The van der Waals surface area contributed by atoms with Crippen LogP contribution in [0.4, 0.5) is 13.2 Å². The fraction of sp³-hybridized carbons (Fsp3) is 0.160. The number of halogens is 3. The number of imidazole rings is 1. The molecule has 0 aliphatic heterocycles. The molecule has 0 spiro atoms. The number of alkyl halides is 3. The Labute approximate surface area is 178 Å². The van der Waals surface area contributed by atoms with E-state index in [2.05, 4.69) is 22.1 Å². The average Bonchev–Trinajstić information content (AvgIpc) is 3.24. The first-order valence-corrected chi connectivity index (χ1v) is 9.82. The molecular weight excluding hydrogens is 401 g/mol. The van der Waals surface area contributed by atoms with Gasteiger partial charge in [-0.15, -0.1) is 0 Å². The van der Waals surface area contributed by atoms with Crippen molar-refractivity contribution in [3.63, 3.8) is 0 Å². The predicted octanol–water partition coefficient (Wildman–Crippen LogP) is 6.96. The van der Waals surface area contributed by atoms with E-state index in [1.807, 2.05) is 44.2 Å². The molecule has 3 aromatic carbocycles. The van der Waals surface area contributed by atoms with Gasteiger partial charge in [-0.25, -0.2) is 4.98 Å². The minimum Gasteiger partial charge on any atom is -0.489 e. The lowest BCUT2D eigenvalue weighted by atomic mass is 10.1. The molecule has 0 radical (unpaired) electrons. The molecule has 0 fully saturated rings. The third-order valence-corrected chi connectivity index (χ3v) is 5.05. The molecule has 0 aliphatic carbocycles. The highest BCUT2D eigenvalue weighted by Crippen LogP contribution is 2.31. The monoisotopic (exact) mass is 422 g/mol. The van der Waals surface area contributed by atoms with Gasteiger partial charge in [-0.05, 0) is 55.3 Å². The molecule has 0 unspecified atom stereocenters. The second-order valence-corrected chi connectivity index (χ2v) is 7.46. The van der Waals surface area contributed by atoms with E-state index >= 15 is 0 Å².